The van der Waals surface area contributed by atoms with E-state index in [0.717, 1.165) is 17.7 Å². The Balaban J connectivity index is 1.64. The first-order valence-electron chi connectivity index (χ1n) is 10.5. The van der Waals surface area contributed by atoms with E-state index in [1.807, 2.05) is 42.7 Å². The molecule has 0 saturated carbocycles. The predicted molar refractivity (Wildman–Crippen MR) is 133 cm³/mol. The number of hydrogen-bond acceptors (Lipinski definition) is 5. The van der Waals surface area contributed by atoms with Crippen LogP contribution in [0.3, 0.4) is 0 Å². The molecule has 33 heavy (non-hydrogen) atoms. The highest BCUT2D eigenvalue weighted by molar-refractivity contribution is 8.00. The third-order valence-electron chi connectivity index (χ3n) is 5.01. The van der Waals surface area contributed by atoms with Gasteiger partial charge in [-0.05, 0) is 50.1 Å². The molecule has 0 radical (unpaired) electrons. The number of halogens is 2. The van der Waals surface area contributed by atoms with Crippen LogP contribution in [-0.2, 0) is 24.3 Å². The highest BCUT2D eigenvalue weighted by Gasteiger charge is 2.21. The molecule has 2 N–H and O–H groups in total. The average molecular weight is 506 g/mol. The Hall–Kier alpha value is -2.55. The van der Waals surface area contributed by atoms with Crippen molar-refractivity contribution in [3.8, 4) is 0 Å². The Kier molecular flexibility index (Phi) is 8.77. The van der Waals surface area contributed by atoms with Gasteiger partial charge in [0, 0.05) is 17.8 Å². The van der Waals surface area contributed by atoms with E-state index in [1.165, 1.54) is 17.8 Å². The summed E-state index contributed by atoms with van der Waals surface area (Å²) in [7, 11) is 0. The molecule has 0 saturated heterocycles. The third-order valence-corrected chi connectivity index (χ3v) is 6.83. The van der Waals surface area contributed by atoms with Gasteiger partial charge in [-0.1, -0.05) is 60.1 Å². The minimum absolute atomic E-state index is 0.110. The van der Waals surface area contributed by atoms with Gasteiger partial charge in [0.2, 0.25) is 5.91 Å². The zero-order valence-electron chi connectivity index (χ0n) is 18.6. The van der Waals surface area contributed by atoms with Crippen LogP contribution in [0.2, 0.25) is 10.0 Å². The number of amides is 2. The molecule has 0 fully saturated rings. The Morgan fingerprint density at radius 2 is 1.85 bits per heavy atom. The van der Waals surface area contributed by atoms with Crippen LogP contribution in [-0.4, -0.2) is 31.8 Å². The van der Waals surface area contributed by atoms with Crippen LogP contribution in [0.25, 0.3) is 0 Å². The molecule has 2 amide bonds. The number of thioether (sulfide) groups is 1. The van der Waals surface area contributed by atoms with Crippen molar-refractivity contribution in [2.75, 3.05) is 5.32 Å². The van der Waals surface area contributed by atoms with Gasteiger partial charge in [-0.15, -0.1) is 10.2 Å². The molecule has 1 unspecified atom stereocenters. The molecule has 7 nitrogen and oxygen atoms in total. The first-order chi connectivity index (χ1) is 15.8. The van der Waals surface area contributed by atoms with Crippen molar-refractivity contribution in [1.29, 1.82) is 0 Å². The molecule has 0 aliphatic rings. The van der Waals surface area contributed by atoms with Gasteiger partial charge in [-0.2, -0.15) is 0 Å². The van der Waals surface area contributed by atoms with Crippen LogP contribution in [0.1, 0.15) is 42.5 Å². The summed E-state index contributed by atoms with van der Waals surface area (Å²) >= 11 is 13.2. The van der Waals surface area contributed by atoms with E-state index in [4.69, 9.17) is 23.2 Å². The summed E-state index contributed by atoms with van der Waals surface area (Å²) in [5.41, 5.74) is 2.30. The number of nitrogens with zero attached hydrogens (tertiary/aromatic N) is 3. The predicted octanol–water partition coefficient (Wildman–Crippen LogP) is 5.22. The highest BCUT2D eigenvalue weighted by Crippen LogP contribution is 2.25. The summed E-state index contributed by atoms with van der Waals surface area (Å²) in [5.74, 6) is 0.189. The van der Waals surface area contributed by atoms with Crippen LogP contribution < -0.4 is 10.6 Å². The van der Waals surface area contributed by atoms with Crippen LogP contribution in [0.5, 0.6) is 0 Å². The molecule has 1 aromatic heterocycles. The molecule has 0 aliphatic heterocycles. The van der Waals surface area contributed by atoms with E-state index in [-0.39, 0.29) is 23.6 Å². The van der Waals surface area contributed by atoms with E-state index in [9.17, 15) is 9.59 Å². The van der Waals surface area contributed by atoms with Crippen LogP contribution >= 0.6 is 35.0 Å². The molecule has 1 heterocycles. The number of aryl methyl sites for hydroxylation is 1. The monoisotopic (exact) mass is 505 g/mol. The summed E-state index contributed by atoms with van der Waals surface area (Å²) in [5, 5.41) is 15.2. The number of para-hydroxylation sites is 1. The summed E-state index contributed by atoms with van der Waals surface area (Å²) in [6.45, 7) is 6.62. The SMILES string of the molecule is CCc1ccccc1NC(=O)C(C)Sc1nnc(CNC(=O)c2ccc(Cl)c(Cl)c2)n1CC. The standard InChI is InChI=1S/C23H25Cl2N5O2S/c1-4-15-8-6-7-9-19(15)27-21(31)14(3)33-23-29-28-20(30(23)5-2)13-26-22(32)16-10-11-17(24)18(25)12-16/h6-12,14H,4-5,13H2,1-3H3,(H,26,32)(H,27,31). The zero-order chi connectivity index (χ0) is 24.0. The second kappa shape index (κ2) is 11.5. The van der Waals surface area contributed by atoms with Gasteiger partial charge < -0.3 is 15.2 Å². The minimum Gasteiger partial charge on any atom is -0.345 e. The number of benzene rings is 2. The molecule has 3 rings (SSSR count). The Morgan fingerprint density at radius 1 is 1.09 bits per heavy atom. The topological polar surface area (TPSA) is 88.9 Å². The molecule has 0 aliphatic carbocycles. The van der Waals surface area contributed by atoms with Crippen molar-refractivity contribution < 1.29 is 9.59 Å². The van der Waals surface area contributed by atoms with Gasteiger partial charge >= 0.3 is 0 Å². The number of carbonyl (C=O) groups excluding carboxylic acids is 2. The summed E-state index contributed by atoms with van der Waals surface area (Å²) in [4.78, 5) is 25.2. The lowest BCUT2D eigenvalue weighted by Gasteiger charge is -2.14. The molecule has 0 bridgehead atoms. The maximum atomic E-state index is 12.7. The lowest BCUT2D eigenvalue weighted by atomic mass is 10.1. The van der Waals surface area contributed by atoms with Crippen molar-refractivity contribution in [3.05, 3.63) is 69.5 Å². The van der Waals surface area contributed by atoms with E-state index in [0.29, 0.717) is 33.1 Å². The second-order valence-corrected chi connectivity index (χ2v) is 9.34. The van der Waals surface area contributed by atoms with Gasteiger partial charge in [0.1, 0.15) is 0 Å². The molecule has 3 aromatic rings. The number of nitrogens with one attached hydrogen (secondary N) is 2. The van der Waals surface area contributed by atoms with E-state index in [2.05, 4.69) is 27.8 Å². The summed E-state index contributed by atoms with van der Waals surface area (Å²) in [6, 6.07) is 12.5. The number of carbonyl (C=O) groups is 2. The normalized spacial score (nSPS) is 11.8. The number of rotatable bonds is 9. The van der Waals surface area contributed by atoms with E-state index in [1.54, 1.807) is 12.1 Å². The van der Waals surface area contributed by atoms with Crippen molar-refractivity contribution in [2.24, 2.45) is 0 Å². The van der Waals surface area contributed by atoms with Gasteiger partial charge in [-0.25, -0.2) is 0 Å². The van der Waals surface area contributed by atoms with Crippen LogP contribution in [0, 0.1) is 0 Å². The molecular formula is C23H25Cl2N5O2S. The van der Waals surface area contributed by atoms with Crippen molar-refractivity contribution in [3.63, 3.8) is 0 Å². The number of anilines is 1. The van der Waals surface area contributed by atoms with Gasteiger partial charge in [0.25, 0.3) is 5.91 Å². The van der Waals surface area contributed by atoms with Crippen LogP contribution in [0.15, 0.2) is 47.6 Å². The Bertz CT molecular complexity index is 1150. The van der Waals surface area contributed by atoms with Crippen LogP contribution in [0.4, 0.5) is 5.69 Å². The Morgan fingerprint density at radius 3 is 2.55 bits per heavy atom. The first kappa shape index (κ1) is 25.1. The lowest BCUT2D eigenvalue weighted by molar-refractivity contribution is -0.115. The van der Waals surface area contributed by atoms with Gasteiger partial charge in [-0.3, -0.25) is 9.59 Å². The number of aromatic nitrogens is 3. The first-order valence-corrected chi connectivity index (χ1v) is 12.2. The van der Waals surface area contributed by atoms with Gasteiger partial charge in [0.15, 0.2) is 11.0 Å². The van der Waals surface area contributed by atoms with Gasteiger partial charge in [0.05, 0.1) is 21.8 Å². The smallest absolute Gasteiger partial charge is 0.251 e. The maximum absolute atomic E-state index is 12.7. The quantitative estimate of drug-likeness (QED) is 0.389. The summed E-state index contributed by atoms with van der Waals surface area (Å²) < 4.78 is 1.88. The fraction of sp³-hybridized carbons (Fsp3) is 0.304. The van der Waals surface area contributed by atoms with E-state index < -0.39 is 0 Å². The molecule has 1 atom stereocenters. The molecule has 10 heteroatoms. The van der Waals surface area contributed by atoms with Crippen molar-refractivity contribution in [2.45, 2.75) is 50.7 Å². The molecule has 0 spiro atoms. The molecule has 174 valence electrons. The zero-order valence-corrected chi connectivity index (χ0v) is 20.9. The van der Waals surface area contributed by atoms with Crippen molar-refractivity contribution >= 4 is 52.5 Å². The van der Waals surface area contributed by atoms with E-state index >= 15 is 0 Å². The maximum Gasteiger partial charge on any atom is 0.251 e. The lowest BCUT2D eigenvalue weighted by Crippen LogP contribution is -2.25. The minimum atomic E-state index is -0.386. The molecular weight excluding hydrogens is 481 g/mol. The third kappa shape index (κ3) is 6.28. The fourth-order valence-electron chi connectivity index (χ4n) is 3.15. The molecule has 2 aromatic carbocycles. The Labute approximate surface area is 207 Å². The fourth-order valence-corrected chi connectivity index (χ4v) is 4.38. The highest BCUT2D eigenvalue weighted by atomic mass is 35.5. The number of hydrogen-bond donors (Lipinski definition) is 2. The largest absolute Gasteiger partial charge is 0.345 e. The summed E-state index contributed by atoms with van der Waals surface area (Å²) in [6.07, 6.45) is 0.833. The second-order valence-electron chi connectivity index (χ2n) is 7.21. The van der Waals surface area contributed by atoms with Crippen molar-refractivity contribution in [1.82, 2.24) is 20.1 Å². The average Bonchev–Trinajstić information content (AvgIpc) is 3.20.